The lowest BCUT2D eigenvalue weighted by Gasteiger charge is -2.39. The Hall–Kier alpha value is -3.92. The van der Waals surface area contributed by atoms with Crippen molar-refractivity contribution in [3.8, 4) is 11.3 Å². The van der Waals surface area contributed by atoms with Crippen molar-refractivity contribution in [1.82, 2.24) is 24.3 Å². The van der Waals surface area contributed by atoms with E-state index in [1.54, 1.807) is 9.25 Å². The third-order valence-electron chi connectivity index (χ3n) is 8.35. The summed E-state index contributed by atoms with van der Waals surface area (Å²) in [6.45, 7) is 4.92. The SMILES string of the molecule is Cc1cc2c(N3CCN(C)c4cc(-c5cnn(C)c5)ncc43)nc(N3C4CCC3COC4)cc2n(C)c1=O. The summed E-state index contributed by atoms with van der Waals surface area (Å²) in [5.41, 5.74) is 5.60. The number of aromatic nitrogens is 5. The van der Waals surface area contributed by atoms with Gasteiger partial charge in [-0.05, 0) is 31.9 Å². The van der Waals surface area contributed by atoms with E-state index in [1.165, 1.54) is 0 Å². The molecule has 7 rings (SSSR count). The van der Waals surface area contributed by atoms with Crippen LogP contribution >= 0.6 is 0 Å². The first-order valence-corrected chi connectivity index (χ1v) is 13.2. The van der Waals surface area contributed by atoms with E-state index < -0.39 is 0 Å². The first-order chi connectivity index (χ1) is 18.4. The van der Waals surface area contributed by atoms with Crippen LogP contribution in [0.4, 0.5) is 23.0 Å². The van der Waals surface area contributed by atoms with Crippen LogP contribution in [-0.2, 0) is 18.8 Å². The molecule has 7 heterocycles. The molecule has 0 spiro atoms. The van der Waals surface area contributed by atoms with Crippen LogP contribution in [0.25, 0.3) is 22.2 Å². The highest BCUT2D eigenvalue weighted by molar-refractivity contribution is 5.96. The van der Waals surface area contributed by atoms with E-state index in [9.17, 15) is 4.79 Å². The van der Waals surface area contributed by atoms with Crippen molar-refractivity contribution in [1.29, 1.82) is 0 Å². The van der Waals surface area contributed by atoms with Crippen LogP contribution in [0.15, 0.2) is 41.6 Å². The van der Waals surface area contributed by atoms with Crippen LogP contribution in [0.3, 0.4) is 0 Å². The predicted octanol–water partition coefficient (Wildman–Crippen LogP) is 2.99. The second kappa shape index (κ2) is 8.56. The van der Waals surface area contributed by atoms with Crippen molar-refractivity contribution in [2.75, 3.05) is 48.1 Å². The summed E-state index contributed by atoms with van der Waals surface area (Å²) in [5.74, 6) is 1.79. The summed E-state index contributed by atoms with van der Waals surface area (Å²) in [4.78, 5) is 30.1. The Morgan fingerprint density at radius 2 is 1.76 bits per heavy atom. The fourth-order valence-electron chi connectivity index (χ4n) is 6.30. The monoisotopic (exact) mass is 512 g/mol. The maximum Gasteiger partial charge on any atom is 0.253 e. The van der Waals surface area contributed by atoms with Gasteiger partial charge in [-0.15, -0.1) is 0 Å². The minimum Gasteiger partial charge on any atom is -0.377 e. The number of anilines is 4. The van der Waals surface area contributed by atoms with Crippen molar-refractivity contribution in [3.63, 3.8) is 0 Å². The van der Waals surface area contributed by atoms with Crippen LogP contribution in [0.1, 0.15) is 18.4 Å². The molecular weight excluding hydrogens is 480 g/mol. The normalized spacial score (nSPS) is 20.9. The molecular formula is C28H32N8O2. The van der Waals surface area contributed by atoms with Gasteiger partial charge in [-0.1, -0.05) is 0 Å². The Morgan fingerprint density at radius 3 is 2.50 bits per heavy atom. The van der Waals surface area contributed by atoms with Crippen molar-refractivity contribution in [3.05, 3.63) is 52.7 Å². The van der Waals surface area contributed by atoms with Crippen molar-refractivity contribution < 1.29 is 4.74 Å². The van der Waals surface area contributed by atoms with Crippen LogP contribution in [0.2, 0.25) is 0 Å². The Labute approximate surface area is 221 Å². The first kappa shape index (κ1) is 23.2. The minimum absolute atomic E-state index is 0.0205. The van der Waals surface area contributed by atoms with Gasteiger partial charge in [-0.3, -0.25) is 14.5 Å². The van der Waals surface area contributed by atoms with Crippen molar-refractivity contribution >= 4 is 33.9 Å². The highest BCUT2D eigenvalue weighted by Gasteiger charge is 2.39. The predicted molar refractivity (Wildman–Crippen MR) is 149 cm³/mol. The fraction of sp³-hybridized carbons (Fsp3) is 0.429. The van der Waals surface area contributed by atoms with Crippen LogP contribution in [-0.4, -0.2) is 69.8 Å². The molecule has 0 aromatic carbocycles. The molecule has 2 unspecified atom stereocenters. The van der Waals surface area contributed by atoms with Crippen molar-refractivity contribution in [2.24, 2.45) is 14.1 Å². The second-order valence-corrected chi connectivity index (χ2v) is 10.8. The lowest BCUT2D eigenvalue weighted by molar-refractivity contribution is 0.0902. The zero-order valence-corrected chi connectivity index (χ0v) is 22.3. The smallest absolute Gasteiger partial charge is 0.253 e. The third-order valence-corrected chi connectivity index (χ3v) is 8.35. The molecule has 4 aromatic heterocycles. The largest absolute Gasteiger partial charge is 0.377 e. The summed E-state index contributed by atoms with van der Waals surface area (Å²) in [6, 6.07) is 6.85. The Morgan fingerprint density at radius 1 is 0.974 bits per heavy atom. The highest BCUT2D eigenvalue weighted by atomic mass is 16.5. The van der Waals surface area contributed by atoms with E-state index in [1.807, 2.05) is 45.7 Å². The molecule has 0 amide bonds. The molecule has 10 heteroatoms. The Balaban J connectivity index is 1.42. The minimum atomic E-state index is 0.0205. The molecule has 2 bridgehead atoms. The molecule has 2 atom stereocenters. The third kappa shape index (κ3) is 3.50. The number of ether oxygens (including phenoxy) is 1. The number of hydrogen-bond acceptors (Lipinski definition) is 8. The van der Waals surface area contributed by atoms with E-state index in [0.717, 1.165) is 84.3 Å². The molecule has 3 aliphatic rings. The molecule has 38 heavy (non-hydrogen) atoms. The van der Waals surface area contributed by atoms with E-state index in [2.05, 4.69) is 39.0 Å². The summed E-state index contributed by atoms with van der Waals surface area (Å²) in [7, 11) is 5.89. The number of fused-ring (bicyclic) bond motifs is 4. The zero-order chi connectivity index (χ0) is 26.1. The fourth-order valence-corrected chi connectivity index (χ4v) is 6.30. The first-order valence-electron chi connectivity index (χ1n) is 13.2. The van der Waals surface area contributed by atoms with Gasteiger partial charge in [0.05, 0.1) is 60.3 Å². The number of morpholine rings is 1. The van der Waals surface area contributed by atoms with Crippen molar-refractivity contribution in [2.45, 2.75) is 31.8 Å². The second-order valence-electron chi connectivity index (χ2n) is 10.8. The van der Waals surface area contributed by atoms with E-state index in [4.69, 9.17) is 14.7 Å². The topological polar surface area (TPSA) is 84.5 Å². The molecule has 0 radical (unpaired) electrons. The molecule has 0 saturated carbocycles. The highest BCUT2D eigenvalue weighted by Crippen LogP contribution is 2.42. The Bertz CT molecular complexity index is 1610. The standard InChI is InChI=1S/C28H32N8O2/c1-17-9-21-23(34(4)28(17)37)11-26(36-19-5-6-20(36)16-38-15-19)31-27(21)35-8-7-32(2)24-10-22(29-13-25(24)35)18-12-30-33(3)14-18/h9-14,19-20H,5-8,15-16H2,1-4H3. The van der Waals surface area contributed by atoms with Gasteiger partial charge >= 0.3 is 0 Å². The van der Waals surface area contributed by atoms with Gasteiger partial charge in [0.2, 0.25) is 0 Å². The average molecular weight is 513 g/mol. The molecule has 3 aliphatic heterocycles. The van der Waals surface area contributed by atoms with Crippen LogP contribution in [0.5, 0.6) is 0 Å². The summed E-state index contributed by atoms with van der Waals surface area (Å²) in [6.07, 6.45) is 7.97. The van der Waals surface area contributed by atoms with Gasteiger partial charge < -0.3 is 24.0 Å². The lowest BCUT2D eigenvalue weighted by Crippen LogP contribution is -2.46. The number of nitrogens with zero attached hydrogens (tertiary/aromatic N) is 8. The molecule has 10 nitrogen and oxygen atoms in total. The number of hydrogen-bond donors (Lipinski definition) is 0. The molecule has 4 aromatic rings. The van der Waals surface area contributed by atoms with Gasteiger partial charge in [0, 0.05) is 63.0 Å². The van der Waals surface area contributed by atoms with Gasteiger partial charge in [-0.2, -0.15) is 5.10 Å². The number of rotatable bonds is 3. The molecule has 196 valence electrons. The number of aryl methyl sites for hydroxylation is 3. The molecule has 2 fully saturated rings. The lowest BCUT2D eigenvalue weighted by atomic mass is 10.1. The molecule has 0 N–H and O–H groups in total. The maximum absolute atomic E-state index is 13.0. The molecule has 0 aliphatic carbocycles. The van der Waals surface area contributed by atoms with E-state index in [-0.39, 0.29) is 5.56 Å². The van der Waals surface area contributed by atoms with Gasteiger partial charge in [0.25, 0.3) is 5.56 Å². The van der Waals surface area contributed by atoms with Crippen LogP contribution < -0.4 is 20.3 Å². The summed E-state index contributed by atoms with van der Waals surface area (Å²) in [5, 5.41) is 5.29. The van der Waals surface area contributed by atoms with E-state index in [0.29, 0.717) is 17.6 Å². The summed E-state index contributed by atoms with van der Waals surface area (Å²) < 4.78 is 9.41. The average Bonchev–Trinajstić information content (AvgIpc) is 3.46. The zero-order valence-electron chi connectivity index (χ0n) is 22.3. The van der Waals surface area contributed by atoms with Crippen LogP contribution in [0, 0.1) is 6.92 Å². The van der Waals surface area contributed by atoms with Gasteiger partial charge in [0.15, 0.2) is 0 Å². The van der Waals surface area contributed by atoms with Gasteiger partial charge in [0.1, 0.15) is 11.6 Å². The Kier molecular flexibility index (Phi) is 5.23. The number of likely N-dealkylation sites (N-methyl/N-ethyl adjacent to an activating group) is 1. The van der Waals surface area contributed by atoms with Gasteiger partial charge in [-0.25, -0.2) is 4.98 Å². The molecule has 2 saturated heterocycles. The number of pyridine rings is 3. The van der Waals surface area contributed by atoms with E-state index >= 15 is 0 Å². The maximum atomic E-state index is 13.0. The quantitative estimate of drug-likeness (QED) is 0.414. The summed E-state index contributed by atoms with van der Waals surface area (Å²) >= 11 is 0.